The highest BCUT2D eigenvalue weighted by atomic mass is 16.4. The molecule has 1 amide bonds. The summed E-state index contributed by atoms with van der Waals surface area (Å²) < 4.78 is 0. The number of fused-ring (bicyclic) bond motifs is 1. The van der Waals surface area contributed by atoms with E-state index in [4.69, 9.17) is 5.11 Å². The first-order valence-electron chi connectivity index (χ1n) is 8.07. The zero-order valence-corrected chi connectivity index (χ0v) is 14.3. The van der Waals surface area contributed by atoms with Gasteiger partial charge in [0.05, 0.1) is 5.36 Å². The number of amides is 1. The second-order valence-corrected chi connectivity index (χ2v) is 5.99. The molecule has 1 atom stereocenters. The molecule has 1 aliphatic heterocycles. The average molecular weight is 364 g/mol. The minimum Gasteiger partial charge on any atom is -0.479 e. The van der Waals surface area contributed by atoms with Gasteiger partial charge < -0.3 is 15.5 Å². The van der Waals surface area contributed by atoms with E-state index in [0.29, 0.717) is 21.8 Å². The van der Waals surface area contributed by atoms with Crippen LogP contribution in [0.15, 0.2) is 65.7 Å². The highest BCUT2D eigenvalue weighted by molar-refractivity contribution is 5.99. The molecule has 1 heterocycles. The first kappa shape index (κ1) is 18.1. The maximum Gasteiger partial charge on any atom is 0.341 e. The summed E-state index contributed by atoms with van der Waals surface area (Å²) in [4.78, 5) is 39.2. The Labute approximate surface area is 154 Å². The van der Waals surface area contributed by atoms with Crippen LogP contribution < -0.4 is 15.9 Å². The van der Waals surface area contributed by atoms with Gasteiger partial charge in [0.15, 0.2) is 0 Å². The van der Waals surface area contributed by atoms with Crippen LogP contribution in [0.5, 0.6) is 0 Å². The van der Waals surface area contributed by atoms with E-state index < -0.39 is 17.5 Å². The van der Waals surface area contributed by atoms with E-state index >= 15 is 0 Å². The van der Waals surface area contributed by atoms with Crippen LogP contribution >= 0.6 is 0 Å². The van der Waals surface area contributed by atoms with Crippen molar-refractivity contribution in [3.8, 4) is 0 Å². The number of nitrogens with one attached hydrogen (secondary N) is 1. The van der Waals surface area contributed by atoms with Gasteiger partial charge >= 0.3 is 11.9 Å². The highest BCUT2D eigenvalue weighted by Gasteiger charge is 2.46. The minimum atomic E-state index is -1.82. The molecule has 1 aliphatic rings. The summed E-state index contributed by atoms with van der Waals surface area (Å²) in [5, 5.41) is 22.7. The van der Waals surface area contributed by atoms with Crippen LogP contribution in [0, 0.1) is 0 Å². The van der Waals surface area contributed by atoms with Crippen molar-refractivity contribution >= 4 is 29.1 Å². The number of carbonyl (C=O) groups is 3. The Kier molecular flexibility index (Phi) is 4.60. The Morgan fingerprint density at radius 1 is 1.07 bits per heavy atom. The van der Waals surface area contributed by atoms with Crippen molar-refractivity contribution in [2.75, 3.05) is 5.32 Å². The van der Waals surface area contributed by atoms with Gasteiger partial charge in [-0.25, -0.2) is 9.59 Å². The Hall–Kier alpha value is -3.74. The molecular weight excluding hydrogens is 348 g/mol. The monoisotopic (exact) mass is 364 g/mol. The predicted octanol–water partition coefficient (Wildman–Crippen LogP) is 1.05. The van der Waals surface area contributed by atoms with E-state index in [2.05, 4.69) is 10.3 Å². The van der Waals surface area contributed by atoms with Crippen molar-refractivity contribution in [3.63, 3.8) is 0 Å². The molecule has 2 aromatic carbocycles. The van der Waals surface area contributed by atoms with Gasteiger partial charge in [-0.2, -0.15) is 0 Å². The number of aliphatic carboxylic acids is 2. The number of carboxylic acid groups (broad SMARTS) is 2. The number of hydrogen-bond donors (Lipinski definition) is 3. The Balaban J connectivity index is 2.31. The third-order valence-electron chi connectivity index (χ3n) is 4.17. The molecule has 7 nitrogen and oxygen atoms in total. The van der Waals surface area contributed by atoms with E-state index in [1.807, 2.05) is 0 Å². The van der Waals surface area contributed by atoms with Gasteiger partial charge in [-0.15, -0.1) is 0 Å². The lowest BCUT2D eigenvalue weighted by atomic mass is 9.82. The molecule has 7 heteroatoms. The standard InChI is InChI=1S/C20H16N2O5/c1-12(23)21-14-6-4-5-13(11-14)20(19(26)27)16(9-10-18(24)25)15-7-2-3-8-17(15)22-20/h2-11H,1H3,(H,21,23)(H,24,25)(H,26,27). The number of carbonyl (C=O) groups excluding carboxylic acids is 1. The summed E-state index contributed by atoms with van der Waals surface area (Å²) in [6.45, 7) is 1.35. The number of rotatable bonds is 5. The third kappa shape index (κ3) is 3.22. The summed E-state index contributed by atoms with van der Waals surface area (Å²) >= 11 is 0. The SMILES string of the molecule is CC(=O)Nc1cccc(C2(C(=O)O)N=c3ccccc3=C2C=CC(=O)O)c1. The molecule has 0 saturated carbocycles. The lowest BCUT2D eigenvalue weighted by molar-refractivity contribution is -0.141. The van der Waals surface area contributed by atoms with E-state index in [0.717, 1.165) is 6.08 Å². The van der Waals surface area contributed by atoms with Crippen LogP contribution in [0.3, 0.4) is 0 Å². The maximum atomic E-state index is 12.4. The summed E-state index contributed by atoms with van der Waals surface area (Å²) in [6, 6.07) is 13.2. The second kappa shape index (κ2) is 6.87. The van der Waals surface area contributed by atoms with Gasteiger partial charge in [0.1, 0.15) is 0 Å². The van der Waals surface area contributed by atoms with Crippen molar-refractivity contribution in [1.29, 1.82) is 0 Å². The number of carboxylic acids is 2. The smallest absolute Gasteiger partial charge is 0.341 e. The van der Waals surface area contributed by atoms with E-state index in [9.17, 15) is 19.5 Å². The van der Waals surface area contributed by atoms with Crippen LogP contribution in [0.25, 0.3) is 5.57 Å². The minimum absolute atomic E-state index is 0.243. The van der Waals surface area contributed by atoms with Crippen molar-refractivity contribution in [2.24, 2.45) is 4.99 Å². The second-order valence-electron chi connectivity index (χ2n) is 5.99. The van der Waals surface area contributed by atoms with E-state index in [1.165, 1.54) is 19.1 Å². The normalized spacial score (nSPS) is 18.0. The number of hydrogen-bond acceptors (Lipinski definition) is 4. The first-order chi connectivity index (χ1) is 12.8. The Bertz CT molecular complexity index is 1100. The number of para-hydroxylation sites is 1. The molecule has 0 aliphatic carbocycles. The molecular formula is C20H16N2O5. The Morgan fingerprint density at radius 2 is 1.81 bits per heavy atom. The molecule has 3 rings (SSSR count). The number of nitrogens with zero attached hydrogens (tertiary/aromatic N) is 1. The van der Waals surface area contributed by atoms with Gasteiger partial charge in [0.25, 0.3) is 0 Å². The van der Waals surface area contributed by atoms with Crippen molar-refractivity contribution in [1.82, 2.24) is 0 Å². The quantitative estimate of drug-likeness (QED) is 0.686. The summed E-state index contributed by atoms with van der Waals surface area (Å²) in [5.74, 6) is -2.74. The fraction of sp³-hybridized carbons (Fsp3) is 0.100. The third-order valence-corrected chi connectivity index (χ3v) is 4.17. The van der Waals surface area contributed by atoms with Crippen LogP contribution in [0.4, 0.5) is 5.69 Å². The van der Waals surface area contributed by atoms with Crippen molar-refractivity contribution in [3.05, 3.63) is 76.8 Å². The summed E-state index contributed by atoms with van der Waals surface area (Å²) in [7, 11) is 0. The molecule has 0 spiro atoms. The molecule has 3 N–H and O–H groups in total. The zero-order valence-electron chi connectivity index (χ0n) is 14.3. The highest BCUT2D eigenvalue weighted by Crippen LogP contribution is 2.38. The van der Waals surface area contributed by atoms with Gasteiger partial charge in [-0.1, -0.05) is 30.3 Å². The average Bonchev–Trinajstić information content (AvgIpc) is 2.95. The summed E-state index contributed by atoms with van der Waals surface area (Å²) in [5.41, 5.74) is -0.840. The van der Waals surface area contributed by atoms with E-state index in [1.54, 1.807) is 42.5 Å². The topological polar surface area (TPSA) is 116 Å². The summed E-state index contributed by atoms with van der Waals surface area (Å²) in [6.07, 6.45) is 2.15. The van der Waals surface area contributed by atoms with E-state index in [-0.39, 0.29) is 11.5 Å². The lowest BCUT2D eigenvalue weighted by Gasteiger charge is -2.25. The predicted molar refractivity (Wildman–Crippen MR) is 97.5 cm³/mol. The number of benzene rings is 2. The van der Waals surface area contributed by atoms with Crippen LogP contribution in [-0.2, 0) is 19.9 Å². The molecule has 136 valence electrons. The van der Waals surface area contributed by atoms with Gasteiger partial charge in [0.2, 0.25) is 11.4 Å². The fourth-order valence-corrected chi connectivity index (χ4v) is 3.13. The van der Waals surface area contributed by atoms with Crippen LogP contribution in [-0.4, -0.2) is 28.1 Å². The maximum absolute atomic E-state index is 12.4. The molecule has 1 unspecified atom stereocenters. The first-order valence-corrected chi connectivity index (χ1v) is 8.07. The fourth-order valence-electron chi connectivity index (χ4n) is 3.13. The van der Waals surface area contributed by atoms with Gasteiger partial charge in [-0.3, -0.25) is 9.79 Å². The van der Waals surface area contributed by atoms with Crippen LogP contribution in [0.2, 0.25) is 0 Å². The number of anilines is 1. The molecule has 0 aromatic heterocycles. The molecule has 0 saturated heterocycles. The Morgan fingerprint density at radius 3 is 2.48 bits per heavy atom. The van der Waals surface area contributed by atoms with Crippen molar-refractivity contribution < 1.29 is 24.6 Å². The molecule has 0 radical (unpaired) electrons. The molecule has 0 fully saturated rings. The largest absolute Gasteiger partial charge is 0.479 e. The molecule has 27 heavy (non-hydrogen) atoms. The molecule has 0 bridgehead atoms. The zero-order chi connectivity index (χ0) is 19.6. The van der Waals surface area contributed by atoms with Gasteiger partial charge in [0, 0.05) is 29.5 Å². The lowest BCUT2D eigenvalue weighted by Crippen LogP contribution is -2.34. The van der Waals surface area contributed by atoms with Crippen molar-refractivity contribution in [2.45, 2.75) is 12.5 Å². The molecule has 2 aromatic rings. The van der Waals surface area contributed by atoms with Crippen LogP contribution in [0.1, 0.15) is 12.5 Å². The van der Waals surface area contributed by atoms with Gasteiger partial charge in [-0.05, 0) is 29.8 Å².